The Morgan fingerprint density at radius 1 is 1.04 bits per heavy atom. The fraction of sp³-hybridized carbons (Fsp3) is 0.389. The molecule has 1 aliphatic rings. The third-order valence-electron chi connectivity index (χ3n) is 4.45. The Hall–Kier alpha value is -1.89. The minimum Gasteiger partial charge on any atom is -0.458 e. The van der Waals surface area contributed by atoms with Crippen LogP contribution in [0.1, 0.15) is 17.1 Å². The number of H-pyrrole nitrogens is 1. The smallest absolute Gasteiger partial charge is 0.152 e. The zero-order valence-electron chi connectivity index (χ0n) is 13.6. The molecule has 1 fully saturated rings. The molecule has 0 bridgehead atoms. The summed E-state index contributed by atoms with van der Waals surface area (Å²) >= 11 is 1.85. The van der Waals surface area contributed by atoms with Gasteiger partial charge in [-0.2, -0.15) is 5.10 Å². The molecule has 5 nitrogen and oxygen atoms in total. The Labute approximate surface area is 145 Å². The lowest BCUT2D eigenvalue weighted by Gasteiger charge is -2.20. The average Bonchev–Trinajstić information content (AvgIpc) is 3.31. The van der Waals surface area contributed by atoms with E-state index < -0.39 is 0 Å². The summed E-state index contributed by atoms with van der Waals surface area (Å²) in [6.07, 6.45) is 2.95. The quantitative estimate of drug-likeness (QED) is 0.772. The molecule has 1 aliphatic heterocycles. The van der Waals surface area contributed by atoms with Crippen LogP contribution in [0.15, 0.2) is 46.3 Å². The molecule has 0 aliphatic carbocycles. The number of nitrogens with zero attached hydrogens (tertiary/aromatic N) is 3. The SMILES string of the molecule is c1csc(CN2CCCN(Cc3ccc(-c4ccn[nH]4)o3)CC2)c1. The van der Waals surface area contributed by atoms with Gasteiger partial charge in [0.15, 0.2) is 5.76 Å². The summed E-state index contributed by atoms with van der Waals surface area (Å²) in [6, 6.07) is 10.4. The lowest BCUT2D eigenvalue weighted by Crippen LogP contribution is -2.30. The lowest BCUT2D eigenvalue weighted by atomic mass is 10.3. The van der Waals surface area contributed by atoms with Crippen molar-refractivity contribution in [2.45, 2.75) is 19.5 Å². The monoisotopic (exact) mass is 342 g/mol. The minimum atomic E-state index is 0.858. The normalized spacial score (nSPS) is 17.2. The van der Waals surface area contributed by atoms with Crippen LogP contribution in [0.2, 0.25) is 0 Å². The predicted octanol–water partition coefficient (Wildman–Crippen LogP) is 3.44. The van der Waals surface area contributed by atoms with Gasteiger partial charge in [0, 0.05) is 30.7 Å². The van der Waals surface area contributed by atoms with Gasteiger partial charge in [-0.1, -0.05) is 6.07 Å². The zero-order valence-corrected chi connectivity index (χ0v) is 14.5. The second kappa shape index (κ2) is 7.34. The van der Waals surface area contributed by atoms with Gasteiger partial charge in [0.2, 0.25) is 0 Å². The van der Waals surface area contributed by atoms with Crippen LogP contribution in [0.4, 0.5) is 0 Å². The Bertz CT molecular complexity index is 735. The topological polar surface area (TPSA) is 48.3 Å². The van der Waals surface area contributed by atoms with Gasteiger partial charge >= 0.3 is 0 Å². The summed E-state index contributed by atoms with van der Waals surface area (Å²) in [6.45, 7) is 6.46. The molecule has 3 aromatic rings. The number of hydrogen-bond acceptors (Lipinski definition) is 5. The fourth-order valence-electron chi connectivity index (χ4n) is 3.18. The summed E-state index contributed by atoms with van der Waals surface area (Å²) in [5, 5.41) is 9.08. The van der Waals surface area contributed by atoms with E-state index in [2.05, 4.69) is 43.6 Å². The van der Waals surface area contributed by atoms with Gasteiger partial charge in [0.1, 0.15) is 11.5 Å². The molecule has 4 heterocycles. The van der Waals surface area contributed by atoms with Gasteiger partial charge in [-0.15, -0.1) is 11.3 Å². The third kappa shape index (κ3) is 3.77. The first-order chi connectivity index (χ1) is 11.9. The van der Waals surface area contributed by atoms with Gasteiger partial charge in [-0.3, -0.25) is 14.9 Å². The number of aromatic amines is 1. The van der Waals surface area contributed by atoms with Gasteiger partial charge in [-0.05, 0) is 49.2 Å². The number of furan rings is 1. The highest BCUT2D eigenvalue weighted by molar-refractivity contribution is 7.09. The van der Waals surface area contributed by atoms with E-state index in [1.165, 1.54) is 17.8 Å². The maximum atomic E-state index is 5.96. The van der Waals surface area contributed by atoms with Gasteiger partial charge in [0.25, 0.3) is 0 Å². The Balaban J connectivity index is 1.32. The maximum absolute atomic E-state index is 5.96. The van der Waals surface area contributed by atoms with E-state index >= 15 is 0 Å². The Kier molecular flexibility index (Phi) is 4.78. The molecule has 6 heteroatoms. The molecule has 4 rings (SSSR count). The van der Waals surface area contributed by atoms with Crippen molar-refractivity contribution in [1.82, 2.24) is 20.0 Å². The zero-order chi connectivity index (χ0) is 16.2. The summed E-state index contributed by atoms with van der Waals surface area (Å²) in [7, 11) is 0. The molecule has 0 unspecified atom stereocenters. The van der Waals surface area contributed by atoms with Crippen LogP contribution in [0.5, 0.6) is 0 Å². The third-order valence-corrected chi connectivity index (χ3v) is 5.31. The molecule has 1 saturated heterocycles. The molecule has 24 heavy (non-hydrogen) atoms. The molecular formula is C18H22N4OS. The van der Waals surface area contributed by atoms with Crippen molar-refractivity contribution in [3.63, 3.8) is 0 Å². The number of hydrogen-bond donors (Lipinski definition) is 1. The van der Waals surface area contributed by atoms with Crippen molar-refractivity contribution in [2.75, 3.05) is 26.2 Å². The number of rotatable bonds is 5. The summed E-state index contributed by atoms with van der Waals surface area (Å²) in [5.74, 6) is 1.88. The van der Waals surface area contributed by atoms with E-state index in [4.69, 9.17) is 4.42 Å². The van der Waals surface area contributed by atoms with Crippen LogP contribution < -0.4 is 0 Å². The molecule has 0 saturated carbocycles. The van der Waals surface area contributed by atoms with Crippen molar-refractivity contribution in [3.8, 4) is 11.5 Å². The summed E-state index contributed by atoms with van der Waals surface area (Å²) in [5.41, 5.74) is 0.930. The van der Waals surface area contributed by atoms with Crippen LogP contribution >= 0.6 is 11.3 Å². The molecule has 126 valence electrons. The molecule has 0 aromatic carbocycles. The maximum Gasteiger partial charge on any atom is 0.152 e. The van der Waals surface area contributed by atoms with E-state index in [0.717, 1.165) is 49.9 Å². The van der Waals surface area contributed by atoms with Gasteiger partial charge in [0.05, 0.1) is 6.54 Å². The van der Waals surface area contributed by atoms with Crippen LogP contribution in [-0.4, -0.2) is 46.2 Å². The summed E-state index contributed by atoms with van der Waals surface area (Å²) in [4.78, 5) is 6.51. The van der Waals surface area contributed by atoms with E-state index in [1.807, 2.05) is 23.5 Å². The Morgan fingerprint density at radius 2 is 1.92 bits per heavy atom. The first-order valence-corrected chi connectivity index (χ1v) is 9.30. The van der Waals surface area contributed by atoms with Crippen LogP contribution in [-0.2, 0) is 13.1 Å². The largest absolute Gasteiger partial charge is 0.458 e. The van der Waals surface area contributed by atoms with Crippen molar-refractivity contribution in [2.24, 2.45) is 0 Å². The summed E-state index contributed by atoms with van der Waals surface area (Å²) < 4.78 is 5.96. The van der Waals surface area contributed by atoms with E-state index in [9.17, 15) is 0 Å². The average molecular weight is 342 g/mol. The van der Waals surface area contributed by atoms with Crippen molar-refractivity contribution in [1.29, 1.82) is 0 Å². The van der Waals surface area contributed by atoms with Gasteiger partial charge in [-0.25, -0.2) is 0 Å². The molecule has 0 radical (unpaired) electrons. The highest BCUT2D eigenvalue weighted by Gasteiger charge is 2.17. The van der Waals surface area contributed by atoms with Gasteiger partial charge < -0.3 is 4.42 Å². The van der Waals surface area contributed by atoms with E-state index in [0.29, 0.717) is 0 Å². The Morgan fingerprint density at radius 3 is 2.67 bits per heavy atom. The first-order valence-electron chi connectivity index (χ1n) is 8.42. The predicted molar refractivity (Wildman–Crippen MR) is 95.8 cm³/mol. The highest BCUT2D eigenvalue weighted by Crippen LogP contribution is 2.21. The molecule has 0 amide bonds. The van der Waals surface area contributed by atoms with E-state index in [-0.39, 0.29) is 0 Å². The minimum absolute atomic E-state index is 0.858. The van der Waals surface area contributed by atoms with Crippen LogP contribution in [0.3, 0.4) is 0 Å². The molecular weight excluding hydrogens is 320 g/mol. The molecule has 3 aromatic heterocycles. The van der Waals surface area contributed by atoms with Crippen molar-refractivity contribution >= 4 is 11.3 Å². The van der Waals surface area contributed by atoms with E-state index in [1.54, 1.807) is 6.20 Å². The lowest BCUT2D eigenvalue weighted by molar-refractivity contribution is 0.236. The number of aromatic nitrogens is 2. The molecule has 0 spiro atoms. The highest BCUT2D eigenvalue weighted by atomic mass is 32.1. The van der Waals surface area contributed by atoms with Crippen LogP contribution in [0.25, 0.3) is 11.5 Å². The fourth-order valence-corrected chi connectivity index (χ4v) is 3.93. The number of nitrogens with one attached hydrogen (secondary N) is 1. The van der Waals surface area contributed by atoms with Crippen LogP contribution in [0, 0.1) is 0 Å². The second-order valence-electron chi connectivity index (χ2n) is 6.22. The van der Waals surface area contributed by atoms with Crippen molar-refractivity contribution in [3.05, 3.63) is 52.5 Å². The molecule has 1 N–H and O–H groups in total. The first kappa shape index (κ1) is 15.6. The van der Waals surface area contributed by atoms with Crippen molar-refractivity contribution < 1.29 is 4.42 Å². The standard InChI is InChI=1S/C18H22N4OS/c1-3-16(24-12-1)14-22-9-2-8-21(10-11-22)13-15-4-5-18(23-15)17-6-7-19-20-17/h1,3-7,12H,2,8-11,13-14H2,(H,19,20). The number of thiophene rings is 1. The molecule has 0 atom stereocenters. The second-order valence-corrected chi connectivity index (χ2v) is 7.25.